The summed E-state index contributed by atoms with van der Waals surface area (Å²) in [5, 5.41) is 18.2. The lowest BCUT2D eigenvalue weighted by atomic mass is 10.0. The van der Waals surface area contributed by atoms with Gasteiger partial charge in [0.25, 0.3) is 5.91 Å². The summed E-state index contributed by atoms with van der Waals surface area (Å²) in [4.78, 5) is 31.3. The molecule has 1 aromatic rings. The second-order valence-corrected chi connectivity index (χ2v) is 6.85. The van der Waals surface area contributed by atoms with E-state index in [1.807, 2.05) is 12.3 Å². The highest BCUT2D eigenvalue weighted by molar-refractivity contribution is 7.98. The van der Waals surface area contributed by atoms with Crippen molar-refractivity contribution in [3.8, 4) is 6.07 Å². The Bertz CT molecular complexity index is 758. The number of carboxylic acid groups (broad SMARTS) is 1. The summed E-state index contributed by atoms with van der Waals surface area (Å²) >= 11 is 6.75. The van der Waals surface area contributed by atoms with Gasteiger partial charge in [0.1, 0.15) is 11.6 Å². The van der Waals surface area contributed by atoms with Crippen molar-refractivity contribution in [1.29, 1.82) is 5.26 Å². The highest BCUT2D eigenvalue weighted by Gasteiger charge is 2.49. The predicted molar refractivity (Wildman–Crippen MR) is 93.9 cm³/mol. The Labute approximate surface area is 149 Å². The zero-order valence-electron chi connectivity index (χ0n) is 13.4. The fraction of sp³-hybridized carbons (Fsp3) is 0.400. The molecule has 24 heavy (non-hydrogen) atoms. The molecule has 7 nitrogen and oxygen atoms in total. The number of carboxylic acids is 1. The van der Waals surface area contributed by atoms with Crippen molar-refractivity contribution in [2.75, 3.05) is 17.7 Å². The predicted octanol–water partition coefficient (Wildman–Crippen LogP) is 1.86. The van der Waals surface area contributed by atoms with Crippen LogP contribution in [0.15, 0.2) is 17.2 Å². The van der Waals surface area contributed by atoms with Crippen molar-refractivity contribution >= 4 is 46.7 Å². The third-order valence-electron chi connectivity index (χ3n) is 3.80. The van der Waals surface area contributed by atoms with E-state index >= 15 is 0 Å². The third kappa shape index (κ3) is 3.07. The van der Waals surface area contributed by atoms with Crippen LogP contribution in [0.1, 0.15) is 26.0 Å². The number of nitrogens with zero attached hydrogens (tertiary/aromatic N) is 4. The fourth-order valence-corrected chi connectivity index (χ4v) is 3.48. The van der Waals surface area contributed by atoms with Crippen molar-refractivity contribution in [1.82, 2.24) is 9.88 Å². The molecule has 1 aliphatic rings. The number of carbonyl (C=O) groups excluding carboxylic acids is 1. The zero-order chi connectivity index (χ0) is 18.1. The molecule has 126 valence electrons. The van der Waals surface area contributed by atoms with Crippen LogP contribution < -0.4 is 4.90 Å². The lowest BCUT2D eigenvalue weighted by molar-refractivity contribution is -0.137. The quantitative estimate of drug-likeness (QED) is 0.624. The number of pyridine rings is 1. The molecule has 0 bridgehead atoms. The van der Waals surface area contributed by atoms with Gasteiger partial charge in [-0.05, 0) is 38.4 Å². The van der Waals surface area contributed by atoms with Crippen LogP contribution in [-0.4, -0.2) is 50.3 Å². The number of amides is 1. The molecule has 1 aliphatic heterocycles. The maximum atomic E-state index is 12.8. The van der Waals surface area contributed by atoms with E-state index in [2.05, 4.69) is 4.98 Å². The molecule has 0 spiro atoms. The maximum absolute atomic E-state index is 12.8. The van der Waals surface area contributed by atoms with E-state index in [1.165, 1.54) is 22.9 Å². The van der Waals surface area contributed by atoms with E-state index in [0.717, 1.165) is 0 Å². The molecular weight excluding hydrogens is 348 g/mol. The van der Waals surface area contributed by atoms with Crippen molar-refractivity contribution < 1.29 is 14.7 Å². The third-order valence-corrected chi connectivity index (χ3v) is 4.95. The monoisotopic (exact) mass is 364 g/mol. The Balaban J connectivity index is 2.41. The molecule has 0 saturated carbocycles. The van der Waals surface area contributed by atoms with Gasteiger partial charge in [0.2, 0.25) is 0 Å². The van der Waals surface area contributed by atoms with Crippen LogP contribution in [-0.2, 0) is 9.59 Å². The smallest absolute Gasteiger partial charge is 0.305 e. The first-order valence-corrected chi connectivity index (χ1v) is 8.69. The number of hydrogen-bond donors (Lipinski definition) is 1. The van der Waals surface area contributed by atoms with Gasteiger partial charge in [0.05, 0.1) is 18.3 Å². The number of anilines is 1. The summed E-state index contributed by atoms with van der Waals surface area (Å²) in [7, 11) is 0. The molecule has 1 fully saturated rings. The molecule has 1 amide bonds. The Kier molecular flexibility index (Phi) is 5.11. The Morgan fingerprint density at radius 1 is 1.54 bits per heavy atom. The van der Waals surface area contributed by atoms with E-state index in [-0.39, 0.29) is 29.7 Å². The van der Waals surface area contributed by atoms with Crippen LogP contribution in [0.25, 0.3) is 0 Å². The first-order valence-electron chi connectivity index (χ1n) is 7.06. The summed E-state index contributed by atoms with van der Waals surface area (Å²) < 4.78 is 0. The SMILES string of the molecule is CSc1cc(N2C(=O)C(C)(C)N(CCC(=O)O)C2=S)cnc1C#N. The topological polar surface area (TPSA) is 97.5 Å². The molecule has 1 saturated heterocycles. The van der Waals surface area contributed by atoms with Gasteiger partial charge in [-0.25, -0.2) is 4.98 Å². The average Bonchev–Trinajstić information content (AvgIpc) is 2.70. The van der Waals surface area contributed by atoms with Gasteiger partial charge >= 0.3 is 5.97 Å². The zero-order valence-corrected chi connectivity index (χ0v) is 15.1. The lowest BCUT2D eigenvalue weighted by Gasteiger charge is -2.28. The van der Waals surface area contributed by atoms with Gasteiger partial charge in [-0.2, -0.15) is 5.26 Å². The number of thiocarbonyl (C=S) groups is 1. The van der Waals surface area contributed by atoms with E-state index in [1.54, 1.807) is 24.8 Å². The molecule has 0 radical (unpaired) electrons. The summed E-state index contributed by atoms with van der Waals surface area (Å²) in [6.07, 6.45) is 3.13. The highest BCUT2D eigenvalue weighted by Crippen LogP contribution is 2.34. The van der Waals surface area contributed by atoms with Gasteiger partial charge in [-0.1, -0.05) is 0 Å². The number of hydrogen-bond acceptors (Lipinski definition) is 6. The van der Waals surface area contributed by atoms with E-state index in [4.69, 9.17) is 22.6 Å². The lowest BCUT2D eigenvalue weighted by Crippen LogP contribution is -2.45. The molecule has 1 aromatic heterocycles. The first kappa shape index (κ1) is 18.2. The van der Waals surface area contributed by atoms with Gasteiger partial charge in [-0.3, -0.25) is 14.5 Å². The van der Waals surface area contributed by atoms with Gasteiger partial charge in [0, 0.05) is 11.4 Å². The minimum atomic E-state index is -0.954. The largest absolute Gasteiger partial charge is 0.481 e. The molecule has 0 atom stereocenters. The Morgan fingerprint density at radius 2 is 2.21 bits per heavy atom. The highest BCUT2D eigenvalue weighted by atomic mass is 32.2. The van der Waals surface area contributed by atoms with Crippen LogP contribution in [0.2, 0.25) is 0 Å². The molecule has 2 heterocycles. The van der Waals surface area contributed by atoms with Crippen LogP contribution in [0.5, 0.6) is 0 Å². The van der Waals surface area contributed by atoms with Crippen LogP contribution >= 0.6 is 24.0 Å². The Hall–Kier alpha value is -2.18. The molecule has 1 N–H and O–H groups in total. The normalized spacial score (nSPS) is 16.4. The second-order valence-electron chi connectivity index (χ2n) is 5.63. The number of rotatable bonds is 5. The van der Waals surface area contributed by atoms with Crippen LogP contribution in [0, 0.1) is 11.3 Å². The molecular formula is C15H16N4O3S2. The van der Waals surface area contributed by atoms with Crippen molar-refractivity contribution in [3.05, 3.63) is 18.0 Å². The van der Waals surface area contributed by atoms with E-state index in [0.29, 0.717) is 10.6 Å². The summed E-state index contributed by atoms with van der Waals surface area (Å²) in [6, 6.07) is 3.69. The number of thioether (sulfide) groups is 1. The summed E-state index contributed by atoms with van der Waals surface area (Å²) in [6.45, 7) is 3.55. The second kappa shape index (κ2) is 6.75. The van der Waals surface area contributed by atoms with Crippen molar-refractivity contribution in [2.24, 2.45) is 0 Å². The minimum Gasteiger partial charge on any atom is -0.481 e. The van der Waals surface area contributed by atoms with E-state index in [9.17, 15) is 9.59 Å². The summed E-state index contributed by atoms with van der Waals surface area (Å²) in [5.74, 6) is -1.21. The fourth-order valence-electron chi connectivity index (χ4n) is 2.44. The molecule has 2 rings (SSSR count). The number of aliphatic carboxylic acids is 1. The van der Waals surface area contributed by atoms with Gasteiger partial charge in [-0.15, -0.1) is 11.8 Å². The Morgan fingerprint density at radius 3 is 2.75 bits per heavy atom. The minimum absolute atomic E-state index is 0.119. The molecule has 9 heteroatoms. The molecule has 0 unspecified atom stereocenters. The number of carbonyl (C=O) groups is 2. The van der Waals surface area contributed by atoms with Gasteiger partial charge < -0.3 is 10.0 Å². The first-order chi connectivity index (χ1) is 11.2. The van der Waals surface area contributed by atoms with Gasteiger partial charge in [0.15, 0.2) is 10.8 Å². The summed E-state index contributed by atoms with van der Waals surface area (Å²) in [5.41, 5.74) is -0.190. The van der Waals surface area contributed by atoms with Crippen LogP contribution in [0.3, 0.4) is 0 Å². The van der Waals surface area contributed by atoms with Crippen molar-refractivity contribution in [2.45, 2.75) is 30.7 Å². The average molecular weight is 364 g/mol. The number of aromatic nitrogens is 1. The standard InChI is InChI=1S/C15H16N4O3S2/c1-15(2)13(22)19(14(23)18(15)5-4-12(20)21)9-6-11(24-3)10(7-16)17-8-9/h6,8H,4-5H2,1-3H3,(H,20,21). The van der Waals surface area contributed by atoms with E-state index < -0.39 is 11.5 Å². The van der Waals surface area contributed by atoms with Crippen LogP contribution in [0.4, 0.5) is 5.69 Å². The molecule has 0 aromatic carbocycles. The number of nitriles is 1. The maximum Gasteiger partial charge on any atom is 0.305 e. The molecule has 0 aliphatic carbocycles. The van der Waals surface area contributed by atoms with Crippen molar-refractivity contribution in [3.63, 3.8) is 0 Å².